The van der Waals surface area contributed by atoms with Crippen molar-refractivity contribution in [2.24, 2.45) is 0 Å². The molecule has 1 fully saturated rings. The average Bonchev–Trinajstić information content (AvgIpc) is 3.39. The molecule has 3 rings (SSSR count). The zero-order valence-corrected chi connectivity index (χ0v) is 13.8. The Bertz CT molecular complexity index is 728. The van der Waals surface area contributed by atoms with Crippen LogP contribution in [0.25, 0.3) is 0 Å². The topological polar surface area (TPSA) is 69.6 Å². The summed E-state index contributed by atoms with van der Waals surface area (Å²) in [6.07, 6.45) is 2.11. The fraction of sp³-hybridized carbons (Fsp3) is 0.333. The molecule has 2 aromatic rings. The molecule has 0 radical (unpaired) electrons. The number of ether oxygens (including phenoxy) is 1. The van der Waals surface area contributed by atoms with E-state index in [0.717, 1.165) is 18.4 Å². The van der Waals surface area contributed by atoms with Crippen LogP contribution in [-0.4, -0.2) is 20.5 Å². The second-order valence-electron chi connectivity index (χ2n) is 5.85. The molecular formula is C18H18FO4S-. The standard InChI is InChI=1S/C18H19FO4S/c19-13-6-8-14(9-7-13)23-16-3-1-2-15(18(16)12-4-5-12)17(10-11-20)24(21)22/h1-3,6-9,12,17,20H,4-5,10-11H2,(H,21,22)/p-1. The van der Waals surface area contributed by atoms with Crippen molar-refractivity contribution in [2.45, 2.75) is 30.4 Å². The zero-order chi connectivity index (χ0) is 17.1. The van der Waals surface area contributed by atoms with E-state index in [0.29, 0.717) is 17.1 Å². The number of benzene rings is 2. The molecular weight excluding hydrogens is 331 g/mol. The number of rotatable bonds is 7. The highest BCUT2D eigenvalue weighted by molar-refractivity contribution is 7.79. The van der Waals surface area contributed by atoms with Gasteiger partial charge in [-0.2, -0.15) is 0 Å². The summed E-state index contributed by atoms with van der Waals surface area (Å²) in [6.45, 7) is -0.203. The van der Waals surface area contributed by atoms with Crippen LogP contribution in [0.3, 0.4) is 0 Å². The first-order valence-corrected chi connectivity index (χ1v) is 8.99. The zero-order valence-electron chi connectivity index (χ0n) is 13.0. The highest BCUT2D eigenvalue weighted by atomic mass is 32.2. The maximum atomic E-state index is 13.0. The molecule has 1 N–H and O–H groups in total. The first-order valence-electron chi connectivity index (χ1n) is 7.85. The summed E-state index contributed by atoms with van der Waals surface area (Å²) in [7, 11) is 0. The Balaban J connectivity index is 1.99. The van der Waals surface area contributed by atoms with Gasteiger partial charge in [-0.25, -0.2) is 4.39 Å². The molecule has 2 aromatic carbocycles. The van der Waals surface area contributed by atoms with Gasteiger partial charge in [-0.3, -0.25) is 4.21 Å². The maximum absolute atomic E-state index is 13.0. The monoisotopic (exact) mass is 349 g/mol. The molecule has 0 spiro atoms. The Morgan fingerprint density at radius 3 is 2.54 bits per heavy atom. The Morgan fingerprint density at radius 2 is 1.96 bits per heavy atom. The molecule has 4 nitrogen and oxygen atoms in total. The van der Waals surface area contributed by atoms with Crippen LogP contribution in [0.2, 0.25) is 0 Å². The van der Waals surface area contributed by atoms with Crippen LogP contribution in [0.1, 0.15) is 41.6 Å². The van der Waals surface area contributed by atoms with E-state index in [4.69, 9.17) is 4.74 Å². The molecule has 2 unspecified atom stereocenters. The van der Waals surface area contributed by atoms with Crippen molar-refractivity contribution in [3.63, 3.8) is 0 Å². The maximum Gasteiger partial charge on any atom is 0.131 e. The van der Waals surface area contributed by atoms with Crippen LogP contribution in [0.15, 0.2) is 42.5 Å². The molecule has 1 aliphatic rings. The van der Waals surface area contributed by atoms with Gasteiger partial charge in [0.15, 0.2) is 0 Å². The second-order valence-corrected chi connectivity index (χ2v) is 6.94. The van der Waals surface area contributed by atoms with Gasteiger partial charge in [-0.1, -0.05) is 12.1 Å². The van der Waals surface area contributed by atoms with Gasteiger partial charge in [0.25, 0.3) is 0 Å². The lowest BCUT2D eigenvalue weighted by Gasteiger charge is -2.24. The summed E-state index contributed by atoms with van der Waals surface area (Å²) in [5.74, 6) is 1.01. The number of hydrogen-bond donors (Lipinski definition) is 1. The predicted octanol–water partition coefficient (Wildman–Crippen LogP) is 3.80. The lowest BCUT2D eigenvalue weighted by molar-refractivity contribution is 0.284. The van der Waals surface area contributed by atoms with Crippen LogP contribution in [0.4, 0.5) is 4.39 Å². The molecule has 0 bridgehead atoms. The Morgan fingerprint density at radius 1 is 1.25 bits per heavy atom. The predicted molar refractivity (Wildman–Crippen MR) is 88.3 cm³/mol. The van der Waals surface area contributed by atoms with Gasteiger partial charge in [0, 0.05) is 17.4 Å². The van der Waals surface area contributed by atoms with E-state index < -0.39 is 16.3 Å². The number of halogens is 1. The van der Waals surface area contributed by atoms with E-state index in [9.17, 15) is 18.3 Å². The second kappa shape index (κ2) is 7.42. The fourth-order valence-electron chi connectivity index (χ4n) is 2.84. The van der Waals surface area contributed by atoms with E-state index in [2.05, 4.69) is 0 Å². The van der Waals surface area contributed by atoms with E-state index in [-0.39, 0.29) is 24.8 Å². The van der Waals surface area contributed by atoms with Gasteiger partial charge < -0.3 is 14.4 Å². The minimum absolute atomic E-state index is 0.149. The van der Waals surface area contributed by atoms with Crippen molar-refractivity contribution >= 4 is 11.1 Å². The largest absolute Gasteiger partial charge is 0.772 e. The highest BCUT2D eigenvalue weighted by Gasteiger charge is 2.32. The van der Waals surface area contributed by atoms with Crippen molar-refractivity contribution in [3.05, 3.63) is 59.4 Å². The quantitative estimate of drug-likeness (QED) is 0.772. The minimum Gasteiger partial charge on any atom is -0.772 e. The van der Waals surface area contributed by atoms with Crippen LogP contribution in [-0.2, 0) is 11.1 Å². The summed E-state index contributed by atoms with van der Waals surface area (Å²) >= 11 is -2.33. The van der Waals surface area contributed by atoms with Gasteiger partial charge in [-0.05, 0) is 72.2 Å². The molecule has 1 aliphatic carbocycles. The van der Waals surface area contributed by atoms with Gasteiger partial charge in [0.2, 0.25) is 0 Å². The number of hydrogen-bond acceptors (Lipinski definition) is 4. The Labute approximate surface area is 142 Å². The summed E-state index contributed by atoms with van der Waals surface area (Å²) in [4.78, 5) is 0. The molecule has 0 heterocycles. The summed E-state index contributed by atoms with van der Waals surface area (Å²) in [6, 6.07) is 11.0. The summed E-state index contributed by atoms with van der Waals surface area (Å²) < 4.78 is 42.1. The summed E-state index contributed by atoms with van der Waals surface area (Å²) in [5.41, 5.74) is 1.56. The van der Waals surface area contributed by atoms with Crippen molar-refractivity contribution < 1.29 is 23.0 Å². The molecule has 0 aliphatic heterocycles. The minimum atomic E-state index is -2.33. The number of aliphatic hydroxyl groups excluding tert-OH is 1. The van der Waals surface area contributed by atoms with Crippen molar-refractivity contribution in [3.8, 4) is 11.5 Å². The van der Waals surface area contributed by atoms with Crippen molar-refractivity contribution in [1.82, 2.24) is 0 Å². The van der Waals surface area contributed by atoms with Gasteiger partial charge in [-0.15, -0.1) is 0 Å². The third kappa shape index (κ3) is 3.83. The van der Waals surface area contributed by atoms with Crippen LogP contribution >= 0.6 is 0 Å². The molecule has 1 saturated carbocycles. The third-order valence-corrected chi connectivity index (χ3v) is 5.05. The van der Waals surface area contributed by atoms with Gasteiger partial charge in [0.1, 0.15) is 17.3 Å². The van der Waals surface area contributed by atoms with Crippen molar-refractivity contribution in [1.29, 1.82) is 0 Å². The van der Waals surface area contributed by atoms with E-state index >= 15 is 0 Å². The first-order chi connectivity index (χ1) is 11.6. The Kier molecular flexibility index (Phi) is 5.28. The van der Waals surface area contributed by atoms with Crippen LogP contribution < -0.4 is 4.74 Å². The van der Waals surface area contributed by atoms with Crippen LogP contribution in [0, 0.1) is 5.82 Å². The van der Waals surface area contributed by atoms with E-state index in [1.807, 2.05) is 0 Å². The molecule has 128 valence electrons. The molecule has 0 saturated heterocycles. The first kappa shape index (κ1) is 17.1. The molecule has 2 atom stereocenters. The SMILES string of the molecule is O=S([O-])C(CCO)c1cccc(Oc2ccc(F)cc2)c1C1CC1. The van der Waals surface area contributed by atoms with Gasteiger partial charge >= 0.3 is 0 Å². The van der Waals surface area contributed by atoms with Crippen molar-refractivity contribution in [2.75, 3.05) is 6.61 Å². The van der Waals surface area contributed by atoms with Crippen LogP contribution in [0.5, 0.6) is 11.5 Å². The lowest BCUT2D eigenvalue weighted by Crippen LogP contribution is -2.11. The smallest absolute Gasteiger partial charge is 0.131 e. The van der Waals surface area contributed by atoms with Gasteiger partial charge in [0.05, 0.1) is 0 Å². The lowest BCUT2D eigenvalue weighted by atomic mass is 9.98. The molecule has 24 heavy (non-hydrogen) atoms. The molecule has 0 amide bonds. The summed E-state index contributed by atoms with van der Waals surface area (Å²) in [5, 5.41) is 8.42. The third-order valence-electron chi connectivity index (χ3n) is 4.10. The number of aliphatic hydroxyl groups is 1. The molecule has 0 aromatic heterocycles. The highest BCUT2D eigenvalue weighted by Crippen LogP contribution is 2.49. The Hall–Kier alpha value is -1.76. The fourth-order valence-corrected chi connectivity index (χ4v) is 3.55. The van der Waals surface area contributed by atoms with E-state index in [1.54, 1.807) is 18.2 Å². The molecule has 6 heteroatoms. The average molecular weight is 349 g/mol. The normalized spacial score (nSPS) is 16.6. The van der Waals surface area contributed by atoms with E-state index in [1.165, 1.54) is 24.3 Å².